The zero-order valence-corrected chi connectivity index (χ0v) is 9.86. The van der Waals surface area contributed by atoms with Crippen LogP contribution in [0.4, 0.5) is 0 Å². The fourth-order valence-electron chi connectivity index (χ4n) is 1.81. The highest BCUT2D eigenvalue weighted by Gasteiger charge is 2.25. The Kier molecular flexibility index (Phi) is 5.05. The van der Waals surface area contributed by atoms with Gasteiger partial charge in [-0.2, -0.15) is 0 Å². The Balaban J connectivity index is 2.31. The molecule has 0 aromatic carbocycles. The van der Waals surface area contributed by atoms with Crippen LogP contribution in [-0.2, 0) is 14.3 Å². The maximum atomic E-state index is 11.3. The third kappa shape index (κ3) is 3.80. The van der Waals surface area contributed by atoms with Crippen molar-refractivity contribution in [1.82, 2.24) is 4.90 Å². The van der Waals surface area contributed by atoms with Crippen LogP contribution >= 0.6 is 0 Å². The minimum atomic E-state index is -0.115. The van der Waals surface area contributed by atoms with Gasteiger partial charge in [0.05, 0.1) is 19.6 Å². The predicted octanol–water partition coefficient (Wildman–Crippen LogP) is 1.05. The standard InChI is InChI=1S/C11H21NO3/c1-4-15-11(13)7-9(2)12(3)10-5-6-14-8-10/h9-10H,4-8H2,1-3H3. The van der Waals surface area contributed by atoms with Crippen LogP contribution in [-0.4, -0.2) is 49.8 Å². The van der Waals surface area contributed by atoms with E-state index in [2.05, 4.69) is 11.8 Å². The van der Waals surface area contributed by atoms with Crippen LogP contribution in [0.25, 0.3) is 0 Å². The van der Waals surface area contributed by atoms with Crippen molar-refractivity contribution in [3.8, 4) is 0 Å². The molecule has 0 N–H and O–H groups in total. The molecule has 1 aliphatic heterocycles. The van der Waals surface area contributed by atoms with Crippen molar-refractivity contribution in [2.45, 2.75) is 38.8 Å². The number of esters is 1. The lowest BCUT2D eigenvalue weighted by Gasteiger charge is -2.28. The summed E-state index contributed by atoms with van der Waals surface area (Å²) in [5.74, 6) is -0.115. The SMILES string of the molecule is CCOC(=O)CC(C)N(C)C1CCOC1. The summed E-state index contributed by atoms with van der Waals surface area (Å²) in [5.41, 5.74) is 0. The minimum absolute atomic E-state index is 0.115. The van der Waals surface area contributed by atoms with Gasteiger partial charge >= 0.3 is 5.97 Å². The number of likely N-dealkylation sites (N-methyl/N-ethyl adjacent to an activating group) is 1. The third-order valence-corrected chi connectivity index (χ3v) is 2.94. The summed E-state index contributed by atoms with van der Waals surface area (Å²) in [6.45, 7) is 5.96. The van der Waals surface area contributed by atoms with E-state index in [9.17, 15) is 4.79 Å². The van der Waals surface area contributed by atoms with Crippen LogP contribution in [0, 0.1) is 0 Å². The van der Waals surface area contributed by atoms with Crippen molar-refractivity contribution in [3.63, 3.8) is 0 Å². The fraction of sp³-hybridized carbons (Fsp3) is 0.909. The van der Waals surface area contributed by atoms with E-state index < -0.39 is 0 Å². The van der Waals surface area contributed by atoms with E-state index in [4.69, 9.17) is 9.47 Å². The average molecular weight is 215 g/mol. The molecule has 1 saturated heterocycles. The summed E-state index contributed by atoms with van der Waals surface area (Å²) in [6.07, 6.45) is 1.52. The summed E-state index contributed by atoms with van der Waals surface area (Å²) in [4.78, 5) is 13.5. The molecule has 0 amide bonds. The first-order valence-corrected chi connectivity index (χ1v) is 5.60. The number of carbonyl (C=O) groups is 1. The van der Waals surface area contributed by atoms with Crippen LogP contribution in [0.1, 0.15) is 26.7 Å². The fourth-order valence-corrected chi connectivity index (χ4v) is 1.81. The molecule has 0 aromatic rings. The summed E-state index contributed by atoms with van der Waals surface area (Å²) in [7, 11) is 2.04. The number of hydrogen-bond acceptors (Lipinski definition) is 4. The molecule has 15 heavy (non-hydrogen) atoms. The van der Waals surface area contributed by atoms with Crippen molar-refractivity contribution in [1.29, 1.82) is 0 Å². The largest absolute Gasteiger partial charge is 0.466 e. The highest BCUT2D eigenvalue weighted by atomic mass is 16.5. The molecule has 0 aliphatic carbocycles. The summed E-state index contributed by atoms with van der Waals surface area (Å²) in [5, 5.41) is 0. The Labute approximate surface area is 91.5 Å². The summed E-state index contributed by atoms with van der Waals surface area (Å²) < 4.78 is 10.3. The van der Waals surface area contributed by atoms with Gasteiger partial charge in [0.25, 0.3) is 0 Å². The molecule has 1 fully saturated rings. The van der Waals surface area contributed by atoms with Gasteiger partial charge in [-0.05, 0) is 27.3 Å². The lowest BCUT2D eigenvalue weighted by atomic mass is 10.1. The van der Waals surface area contributed by atoms with E-state index in [1.54, 1.807) is 0 Å². The zero-order chi connectivity index (χ0) is 11.3. The van der Waals surface area contributed by atoms with Crippen molar-refractivity contribution < 1.29 is 14.3 Å². The van der Waals surface area contributed by atoms with Gasteiger partial charge in [-0.15, -0.1) is 0 Å². The second-order valence-electron chi connectivity index (χ2n) is 4.04. The molecule has 0 saturated carbocycles. The molecule has 1 aliphatic rings. The van der Waals surface area contributed by atoms with Crippen LogP contribution in [0.2, 0.25) is 0 Å². The van der Waals surface area contributed by atoms with Crippen molar-refractivity contribution in [2.75, 3.05) is 26.9 Å². The van der Waals surface area contributed by atoms with Gasteiger partial charge in [0.15, 0.2) is 0 Å². The molecule has 0 spiro atoms. The van der Waals surface area contributed by atoms with E-state index in [0.29, 0.717) is 19.1 Å². The summed E-state index contributed by atoms with van der Waals surface area (Å²) in [6, 6.07) is 0.671. The van der Waals surface area contributed by atoms with E-state index in [-0.39, 0.29) is 12.0 Å². The molecule has 0 bridgehead atoms. The van der Waals surface area contributed by atoms with Gasteiger partial charge in [-0.1, -0.05) is 0 Å². The monoisotopic (exact) mass is 215 g/mol. The maximum absolute atomic E-state index is 11.3. The number of ether oxygens (including phenoxy) is 2. The Bertz CT molecular complexity index is 202. The van der Waals surface area contributed by atoms with E-state index in [1.807, 2.05) is 14.0 Å². The van der Waals surface area contributed by atoms with Gasteiger partial charge in [0.1, 0.15) is 0 Å². The molecule has 0 aromatic heterocycles. The van der Waals surface area contributed by atoms with E-state index >= 15 is 0 Å². The number of carbonyl (C=O) groups excluding carboxylic acids is 1. The molecule has 2 atom stereocenters. The quantitative estimate of drug-likeness (QED) is 0.643. The van der Waals surface area contributed by atoms with E-state index in [1.165, 1.54) is 0 Å². The van der Waals surface area contributed by atoms with Crippen LogP contribution in [0.15, 0.2) is 0 Å². The topological polar surface area (TPSA) is 38.8 Å². The second kappa shape index (κ2) is 6.08. The van der Waals surface area contributed by atoms with Crippen molar-refractivity contribution in [3.05, 3.63) is 0 Å². The first-order valence-electron chi connectivity index (χ1n) is 5.60. The Morgan fingerprint density at radius 1 is 1.67 bits per heavy atom. The average Bonchev–Trinajstić information content (AvgIpc) is 2.69. The molecule has 88 valence electrons. The van der Waals surface area contributed by atoms with Crippen LogP contribution in [0.5, 0.6) is 0 Å². The molecule has 1 rings (SSSR count). The van der Waals surface area contributed by atoms with Crippen molar-refractivity contribution in [2.24, 2.45) is 0 Å². The van der Waals surface area contributed by atoms with Crippen LogP contribution in [0.3, 0.4) is 0 Å². The molecule has 1 heterocycles. The smallest absolute Gasteiger partial charge is 0.307 e. The predicted molar refractivity (Wildman–Crippen MR) is 57.7 cm³/mol. The van der Waals surface area contributed by atoms with E-state index in [0.717, 1.165) is 19.6 Å². The lowest BCUT2D eigenvalue weighted by Crippen LogP contribution is -2.40. The second-order valence-corrected chi connectivity index (χ2v) is 4.04. The summed E-state index contributed by atoms with van der Waals surface area (Å²) >= 11 is 0. The first kappa shape index (κ1) is 12.5. The Hall–Kier alpha value is -0.610. The first-order chi connectivity index (χ1) is 7.15. The molecular formula is C11H21NO3. The minimum Gasteiger partial charge on any atom is -0.466 e. The van der Waals surface area contributed by atoms with Gasteiger partial charge < -0.3 is 9.47 Å². The number of rotatable bonds is 5. The Morgan fingerprint density at radius 3 is 2.93 bits per heavy atom. The van der Waals surface area contributed by atoms with Gasteiger partial charge in [-0.25, -0.2) is 0 Å². The highest BCUT2D eigenvalue weighted by Crippen LogP contribution is 2.15. The lowest BCUT2D eigenvalue weighted by molar-refractivity contribution is -0.144. The zero-order valence-electron chi connectivity index (χ0n) is 9.86. The highest BCUT2D eigenvalue weighted by molar-refractivity contribution is 5.70. The van der Waals surface area contributed by atoms with Gasteiger partial charge in [-0.3, -0.25) is 9.69 Å². The third-order valence-electron chi connectivity index (χ3n) is 2.94. The molecular weight excluding hydrogens is 194 g/mol. The van der Waals surface area contributed by atoms with Crippen LogP contribution < -0.4 is 0 Å². The number of hydrogen-bond donors (Lipinski definition) is 0. The van der Waals surface area contributed by atoms with Gasteiger partial charge in [0, 0.05) is 18.7 Å². The van der Waals surface area contributed by atoms with Gasteiger partial charge in [0.2, 0.25) is 0 Å². The molecule has 0 radical (unpaired) electrons. The Morgan fingerprint density at radius 2 is 2.40 bits per heavy atom. The maximum Gasteiger partial charge on any atom is 0.307 e. The van der Waals surface area contributed by atoms with Crippen molar-refractivity contribution >= 4 is 5.97 Å². The molecule has 4 heteroatoms. The molecule has 2 unspecified atom stereocenters. The number of nitrogens with zero attached hydrogens (tertiary/aromatic N) is 1. The molecule has 4 nitrogen and oxygen atoms in total. The normalized spacial score (nSPS) is 23.1.